The Hall–Kier alpha value is -0.670. The van der Waals surface area contributed by atoms with E-state index < -0.39 is 0 Å². The van der Waals surface area contributed by atoms with Crippen molar-refractivity contribution in [2.45, 2.75) is 6.92 Å². The first-order valence-corrected chi connectivity index (χ1v) is 5.61. The molecule has 0 radical (unpaired) electrons. The van der Waals surface area contributed by atoms with Gasteiger partial charge in [-0.3, -0.25) is 0 Å². The van der Waals surface area contributed by atoms with Crippen LogP contribution in [-0.2, 0) is 0 Å². The van der Waals surface area contributed by atoms with Crippen LogP contribution in [0, 0.1) is 6.92 Å². The van der Waals surface area contributed by atoms with E-state index in [2.05, 4.69) is 45.4 Å². The number of benzene rings is 1. The molecule has 0 saturated carbocycles. The highest BCUT2D eigenvalue weighted by molar-refractivity contribution is 9.11. The average Bonchev–Trinajstić information content (AvgIpc) is 2.53. The van der Waals surface area contributed by atoms with Gasteiger partial charge in [-0.2, -0.15) is 0 Å². The van der Waals surface area contributed by atoms with Crippen LogP contribution < -0.4 is 0 Å². The molecule has 0 fully saturated rings. The molecule has 0 bridgehead atoms. The van der Waals surface area contributed by atoms with Crippen molar-refractivity contribution in [2.75, 3.05) is 0 Å². The number of hydrogen-bond acceptors (Lipinski definition) is 2. The standard InChI is InChI=1S/C10H8BrNS/c1-7-4-2-3-5-8(7)9-6-13-10(11)12-9/h2-6H,1H3. The van der Waals surface area contributed by atoms with Crippen molar-refractivity contribution in [3.63, 3.8) is 0 Å². The molecule has 66 valence electrons. The number of aromatic nitrogens is 1. The first-order chi connectivity index (χ1) is 6.27. The lowest BCUT2D eigenvalue weighted by atomic mass is 10.1. The second kappa shape index (κ2) is 3.60. The molecule has 0 aliphatic carbocycles. The molecule has 1 aromatic heterocycles. The summed E-state index contributed by atoms with van der Waals surface area (Å²) in [5.74, 6) is 0. The largest absolute Gasteiger partial charge is 0.229 e. The SMILES string of the molecule is Cc1ccccc1-c1csc(Br)n1. The van der Waals surface area contributed by atoms with Crippen molar-refractivity contribution >= 4 is 27.3 Å². The monoisotopic (exact) mass is 253 g/mol. The highest BCUT2D eigenvalue weighted by Crippen LogP contribution is 2.26. The third-order valence-corrected chi connectivity index (χ3v) is 3.26. The van der Waals surface area contributed by atoms with Crippen molar-refractivity contribution in [3.05, 3.63) is 39.1 Å². The zero-order valence-corrected chi connectivity index (χ0v) is 9.52. The molecule has 0 atom stereocenters. The molecule has 2 aromatic rings. The van der Waals surface area contributed by atoms with Crippen LogP contribution >= 0.6 is 27.3 Å². The predicted molar refractivity (Wildman–Crippen MR) is 60.0 cm³/mol. The summed E-state index contributed by atoms with van der Waals surface area (Å²) in [6, 6.07) is 8.27. The van der Waals surface area contributed by atoms with E-state index in [1.54, 1.807) is 11.3 Å². The van der Waals surface area contributed by atoms with Crippen LogP contribution in [0.3, 0.4) is 0 Å². The van der Waals surface area contributed by atoms with Crippen LogP contribution in [-0.4, -0.2) is 4.98 Å². The van der Waals surface area contributed by atoms with Gasteiger partial charge in [0, 0.05) is 10.9 Å². The van der Waals surface area contributed by atoms with E-state index >= 15 is 0 Å². The summed E-state index contributed by atoms with van der Waals surface area (Å²) in [6.07, 6.45) is 0. The highest BCUT2D eigenvalue weighted by atomic mass is 79.9. The van der Waals surface area contributed by atoms with Crippen LogP contribution in [0.2, 0.25) is 0 Å². The van der Waals surface area contributed by atoms with E-state index in [0.29, 0.717) is 0 Å². The molecule has 0 aliphatic rings. The molecule has 1 aromatic carbocycles. The number of nitrogens with zero attached hydrogens (tertiary/aromatic N) is 1. The fraction of sp³-hybridized carbons (Fsp3) is 0.100. The molecule has 2 rings (SSSR count). The van der Waals surface area contributed by atoms with E-state index in [0.717, 1.165) is 9.61 Å². The van der Waals surface area contributed by atoms with E-state index in [1.807, 2.05) is 12.1 Å². The Morgan fingerprint density at radius 1 is 1.31 bits per heavy atom. The van der Waals surface area contributed by atoms with Crippen molar-refractivity contribution in [1.29, 1.82) is 0 Å². The Bertz CT molecular complexity index is 422. The van der Waals surface area contributed by atoms with Crippen molar-refractivity contribution in [3.8, 4) is 11.3 Å². The molecule has 1 heterocycles. The number of hydrogen-bond donors (Lipinski definition) is 0. The first kappa shape index (κ1) is 8.91. The molecule has 0 unspecified atom stereocenters. The van der Waals surface area contributed by atoms with Crippen LogP contribution in [0.1, 0.15) is 5.56 Å². The maximum atomic E-state index is 4.38. The minimum absolute atomic E-state index is 0.936. The third-order valence-electron chi connectivity index (χ3n) is 1.90. The number of halogens is 1. The molecular formula is C10H8BrNS. The zero-order chi connectivity index (χ0) is 9.26. The van der Waals surface area contributed by atoms with Crippen LogP contribution in [0.5, 0.6) is 0 Å². The molecule has 13 heavy (non-hydrogen) atoms. The molecule has 0 N–H and O–H groups in total. The molecular weight excluding hydrogens is 246 g/mol. The second-order valence-corrected chi connectivity index (χ2v) is 4.93. The lowest BCUT2D eigenvalue weighted by molar-refractivity contribution is 1.34. The molecule has 0 aliphatic heterocycles. The Labute approximate surface area is 89.6 Å². The number of aryl methyl sites for hydroxylation is 1. The smallest absolute Gasteiger partial charge is 0.159 e. The van der Waals surface area contributed by atoms with Crippen molar-refractivity contribution < 1.29 is 0 Å². The Balaban J connectivity index is 2.52. The van der Waals surface area contributed by atoms with Crippen LogP contribution in [0.15, 0.2) is 33.6 Å². The van der Waals surface area contributed by atoms with Gasteiger partial charge in [-0.1, -0.05) is 24.3 Å². The van der Waals surface area contributed by atoms with Gasteiger partial charge in [0.1, 0.15) is 0 Å². The van der Waals surface area contributed by atoms with Gasteiger partial charge >= 0.3 is 0 Å². The fourth-order valence-corrected chi connectivity index (χ4v) is 2.25. The van der Waals surface area contributed by atoms with Crippen LogP contribution in [0.25, 0.3) is 11.3 Å². The lowest BCUT2D eigenvalue weighted by Gasteiger charge is -1.99. The van der Waals surface area contributed by atoms with Crippen LogP contribution in [0.4, 0.5) is 0 Å². The fourth-order valence-electron chi connectivity index (χ4n) is 1.24. The maximum absolute atomic E-state index is 4.38. The summed E-state index contributed by atoms with van der Waals surface area (Å²) < 4.78 is 0.936. The van der Waals surface area contributed by atoms with Gasteiger partial charge in [0.25, 0.3) is 0 Å². The van der Waals surface area contributed by atoms with E-state index in [-0.39, 0.29) is 0 Å². The summed E-state index contributed by atoms with van der Waals surface area (Å²) in [6.45, 7) is 2.10. The van der Waals surface area contributed by atoms with Gasteiger partial charge in [0.2, 0.25) is 0 Å². The van der Waals surface area contributed by atoms with E-state index in [9.17, 15) is 0 Å². The Morgan fingerprint density at radius 2 is 2.08 bits per heavy atom. The number of rotatable bonds is 1. The topological polar surface area (TPSA) is 12.9 Å². The van der Waals surface area contributed by atoms with Gasteiger partial charge in [-0.15, -0.1) is 11.3 Å². The van der Waals surface area contributed by atoms with Gasteiger partial charge in [-0.25, -0.2) is 4.98 Å². The molecule has 3 heteroatoms. The zero-order valence-electron chi connectivity index (χ0n) is 7.12. The molecule has 0 amide bonds. The third kappa shape index (κ3) is 1.81. The lowest BCUT2D eigenvalue weighted by Crippen LogP contribution is -1.81. The summed E-state index contributed by atoms with van der Waals surface area (Å²) >= 11 is 4.97. The van der Waals surface area contributed by atoms with Gasteiger partial charge in [0.05, 0.1) is 5.69 Å². The van der Waals surface area contributed by atoms with Crippen molar-refractivity contribution in [2.24, 2.45) is 0 Å². The van der Waals surface area contributed by atoms with Gasteiger partial charge < -0.3 is 0 Å². The summed E-state index contributed by atoms with van der Waals surface area (Å²) in [4.78, 5) is 4.38. The van der Waals surface area contributed by atoms with E-state index in [1.165, 1.54) is 11.1 Å². The van der Waals surface area contributed by atoms with Crippen molar-refractivity contribution in [1.82, 2.24) is 4.98 Å². The minimum Gasteiger partial charge on any atom is -0.229 e. The molecule has 0 saturated heterocycles. The summed E-state index contributed by atoms with van der Waals surface area (Å²) in [5, 5.41) is 2.06. The minimum atomic E-state index is 0.936. The Morgan fingerprint density at radius 3 is 2.69 bits per heavy atom. The average molecular weight is 254 g/mol. The second-order valence-electron chi connectivity index (χ2n) is 2.80. The molecule has 1 nitrogen and oxygen atoms in total. The van der Waals surface area contributed by atoms with Gasteiger partial charge in [0.15, 0.2) is 3.92 Å². The predicted octanol–water partition coefficient (Wildman–Crippen LogP) is 3.88. The summed E-state index contributed by atoms with van der Waals surface area (Å²) in [5.41, 5.74) is 3.53. The highest BCUT2D eigenvalue weighted by Gasteiger charge is 2.03. The maximum Gasteiger partial charge on any atom is 0.159 e. The normalized spacial score (nSPS) is 10.3. The number of thiazole rings is 1. The quantitative estimate of drug-likeness (QED) is 0.752. The summed E-state index contributed by atoms with van der Waals surface area (Å²) in [7, 11) is 0. The first-order valence-electron chi connectivity index (χ1n) is 3.94. The van der Waals surface area contributed by atoms with E-state index in [4.69, 9.17) is 0 Å². The van der Waals surface area contributed by atoms with Gasteiger partial charge in [-0.05, 0) is 28.4 Å². The molecule has 0 spiro atoms. The Kier molecular flexibility index (Phi) is 2.47.